The van der Waals surface area contributed by atoms with Crippen LogP contribution in [0.4, 0.5) is 0 Å². The van der Waals surface area contributed by atoms with Crippen molar-refractivity contribution >= 4 is 15.9 Å². The van der Waals surface area contributed by atoms with Crippen molar-refractivity contribution in [2.24, 2.45) is 5.92 Å². The number of aromatic nitrogens is 2. The lowest BCUT2D eigenvalue weighted by atomic mass is 10.0. The van der Waals surface area contributed by atoms with Gasteiger partial charge in [-0.25, -0.2) is 9.97 Å². The van der Waals surface area contributed by atoms with Gasteiger partial charge in [0.05, 0.1) is 0 Å². The highest BCUT2D eigenvalue weighted by molar-refractivity contribution is 9.09. The minimum atomic E-state index is 0.525. The lowest BCUT2D eigenvalue weighted by molar-refractivity contribution is 0.568. The first kappa shape index (κ1) is 13.6. The zero-order valence-electron chi connectivity index (χ0n) is 10.4. The maximum Gasteiger partial charge on any atom is 0.115 e. The Balaban J connectivity index is 2.55. The fraction of sp³-hybridized carbons (Fsp3) is 0.692. The number of alkyl halides is 1. The van der Waals surface area contributed by atoms with Crippen molar-refractivity contribution in [3.05, 3.63) is 23.8 Å². The molecule has 0 aliphatic heterocycles. The molecule has 1 heterocycles. The second-order valence-corrected chi connectivity index (χ2v) is 5.98. The molecule has 1 aromatic rings. The van der Waals surface area contributed by atoms with Crippen LogP contribution in [0, 0.1) is 5.92 Å². The number of hydrogen-bond donors (Lipinski definition) is 0. The summed E-state index contributed by atoms with van der Waals surface area (Å²) in [5.74, 6) is 0.723. The zero-order chi connectivity index (χ0) is 12.0. The molecule has 90 valence electrons. The fourth-order valence-electron chi connectivity index (χ4n) is 1.77. The summed E-state index contributed by atoms with van der Waals surface area (Å²) in [5.41, 5.74) is 2.32. The normalized spacial score (nSPS) is 13.1. The molecular formula is C13H21BrN2. The van der Waals surface area contributed by atoms with E-state index in [-0.39, 0.29) is 0 Å². The fourth-order valence-corrected chi connectivity index (χ4v) is 2.85. The summed E-state index contributed by atoms with van der Waals surface area (Å²) in [7, 11) is 0. The molecule has 0 aromatic carbocycles. The molecule has 16 heavy (non-hydrogen) atoms. The molecule has 0 spiro atoms. The number of rotatable bonds is 6. The highest BCUT2D eigenvalue weighted by Crippen LogP contribution is 2.17. The molecule has 0 radical (unpaired) electrons. The van der Waals surface area contributed by atoms with Crippen LogP contribution in [0.15, 0.2) is 12.4 Å². The van der Waals surface area contributed by atoms with Gasteiger partial charge in [0.25, 0.3) is 0 Å². The molecule has 1 unspecified atom stereocenters. The van der Waals surface area contributed by atoms with Crippen LogP contribution < -0.4 is 0 Å². The van der Waals surface area contributed by atoms with Gasteiger partial charge >= 0.3 is 0 Å². The third-order valence-electron chi connectivity index (χ3n) is 2.44. The van der Waals surface area contributed by atoms with E-state index < -0.39 is 0 Å². The molecule has 0 N–H and O–H groups in total. The van der Waals surface area contributed by atoms with Crippen molar-refractivity contribution in [1.82, 2.24) is 9.97 Å². The number of halogens is 1. The van der Waals surface area contributed by atoms with Gasteiger partial charge in [0.15, 0.2) is 0 Å². The molecule has 0 fully saturated rings. The molecule has 0 aliphatic rings. The van der Waals surface area contributed by atoms with Crippen molar-refractivity contribution in [3.63, 3.8) is 0 Å². The Morgan fingerprint density at radius 2 is 1.94 bits per heavy atom. The van der Waals surface area contributed by atoms with Gasteiger partial charge in [-0.05, 0) is 24.8 Å². The lowest BCUT2D eigenvalue weighted by Crippen LogP contribution is -2.08. The topological polar surface area (TPSA) is 25.8 Å². The van der Waals surface area contributed by atoms with Crippen molar-refractivity contribution < 1.29 is 0 Å². The van der Waals surface area contributed by atoms with E-state index in [4.69, 9.17) is 0 Å². The van der Waals surface area contributed by atoms with Crippen LogP contribution in [-0.4, -0.2) is 14.8 Å². The molecule has 1 rings (SSSR count). The van der Waals surface area contributed by atoms with Gasteiger partial charge in [-0.1, -0.05) is 43.1 Å². The van der Waals surface area contributed by atoms with Crippen molar-refractivity contribution in [3.8, 4) is 0 Å². The molecule has 1 aromatic heterocycles. The van der Waals surface area contributed by atoms with Crippen molar-refractivity contribution in [2.75, 3.05) is 0 Å². The molecule has 3 heteroatoms. The first-order valence-electron chi connectivity index (χ1n) is 6.05. The van der Waals surface area contributed by atoms with Crippen molar-refractivity contribution in [1.29, 1.82) is 0 Å². The zero-order valence-corrected chi connectivity index (χ0v) is 12.0. The van der Waals surface area contributed by atoms with Gasteiger partial charge in [0, 0.05) is 22.6 Å². The number of aryl methyl sites for hydroxylation is 1. The Morgan fingerprint density at radius 1 is 1.25 bits per heavy atom. The Kier molecular flexibility index (Phi) is 5.96. The van der Waals surface area contributed by atoms with Crippen LogP contribution >= 0.6 is 15.9 Å². The summed E-state index contributed by atoms with van der Waals surface area (Å²) in [6.07, 6.45) is 6.06. The van der Waals surface area contributed by atoms with E-state index >= 15 is 0 Å². The van der Waals surface area contributed by atoms with E-state index in [9.17, 15) is 0 Å². The van der Waals surface area contributed by atoms with E-state index in [1.165, 1.54) is 6.42 Å². The summed E-state index contributed by atoms with van der Waals surface area (Å²) < 4.78 is 0. The third kappa shape index (κ3) is 5.06. The van der Waals surface area contributed by atoms with Crippen LogP contribution in [0.3, 0.4) is 0 Å². The van der Waals surface area contributed by atoms with E-state index in [1.807, 2.05) is 0 Å². The monoisotopic (exact) mass is 284 g/mol. The summed E-state index contributed by atoms with van der Waals surface area (Å²) in [4.78, 5) is 9.12. The quantitative estimate of drug-likeness (QED) is 0.743. The maximum absolute atomic E-state index is 4.33. The Morgan fingerprint density at radius 3 is 2.56 bits per heavy atom. The second-order valence-electron chi connectivity index (χ2n) is 4.68. The summed E-state index contributed by atoms with van der Waals surface area (Å²) in [6.45, 7) is 6.67. The predicted molar refractivity (Wildman–Crippen MR) is 71.9 cm³/mol. The summed E-state index contributed by atoms with van der Waals surface area (Å²) in [6, 6.07) is 2.14. The molecule has 1 atom stereocenters. The maximum atomic E-state index is 4.33. The van der Waals surface area contributed by atoms with Crippen LogP contribution in [0.1, 0.15) is 45.0 Å². The Bertz CT molecular complexity index is 313. The predicted octanol–water partition coefficient (Wildman–Crippen LogP) is 3.78. The van der Waals surface area contributed by atoms with Gasteiger partial charge < -0.3 is 0 Å². The second kappa shape index (κ2) is 7.00. The van der Waals surface area contributed by atoms with Crippen LogP contribution in [0.25, 0.3) is 0 Å². The summed E-state index contributed by atoms with van der Waals surface area (Å²) >= 11 is 3.72. The smallest absolute Gasteiger partial charge is 0.115 e. The number of hydrogen-bond acceptors (Lipinski definition) is 2. The molecule has 2 nitrogen and oxygen atoms in total. The average Bonchev–Trinajstić information content (AvgIpc) is 2.17. The van der Waals surface area contributed by atoms with Crippen LogP contribution in [0.2, 0.25) is 0 Å². The highest BCUT2D eigenvalue weighted by atomic mass is 79.9. The number of nitrogens with zero attached hydrogens (tertiary/aromatic N) is 2. The minimum Gasteiger partial charge on any atom is -0.241 e. The van der Waals surface area contributed by atoms with E-state index in [1.54, 1.807) is 6.33 Å². The highest BCUT2D eigenvalue weighted by Gasteiger charge is 2.09. The molecule has 0 saturated heterocycles. The Labute approximate surface area is 107 Å². The Hall–Kier alpha value is -0.440. The largest absolute Gasteiger partial charge is 0.241 e. The van der Waals surface area contributed by atoms with Crippen LogP contribution in [0.5, 0.6) is 0 Å². The molecular weight excluding hydrogens is 264 g/mol. The SMILES string of the molecule is CCCc1cc(CC(Br)CC(C)C)ncn1. The van der Waals surface area contributed by atoms with Gasteiger partial charge in [0.2, 0.25) is 0 Å². The van der Waals surface area contributed by atoms with E-state index in [2.05, 4.69) is 52.7 Å². The van der Waals surface area contributed by atoms with Crippen molar-refractivity contribution in [2.45, 2.75) is 51.3 Å². The standard InChI is InChI=1S/C13H21BrN2/c1-4-5-12-8-13(16-9-15-12)7-11(14)6-10(2)3/h8-11H,4-7H2,1-3H3. The summed E-state index contributed by atoms with van der Waals surface area (Å²) in [5, 5.41) is 0. The van der Waals surface area contributed by atoms with Crippen LogP contribution in [-0.2, 0) is 12.8 Å². The molecule has 0 aliphatic carbocycles. The third-order valence-corrected chi connectivity index (χ3v) is 3.14. The minimum absolute atomic E-state index is 0.525. The van der Waals surface area contributed by atoms with Gasteiger partial charge in [0.1, 0.15) is 6.33 Å². The van der Waals surface area contributed by atoms with Gasteiger partial charge in [-0.3, -0.25) is 0 Å². The van der Waals surface area contributed by atoms with E-state index in [0.717, 1.165) is 36.6 Å². The first-order chi connectivity index (χ1) is 7.61. The lowest BCUT2D eigenvalue weighted by Gasteiger charge is -2.11. The average molecular weight is 285 g/mol. The van der Waals surface area contributed by atoms with Gasteiger partial charge in [-0.2, -0.15) is 0 Å². The molecule has 0 saturated carbocycles. The first-order valence-corrected chi connectivity index (χ1v) is 6.97. The molecule has 0 bridgehead atoms. The van der Waals surface area contributed by atoms with Gasteiger partial charge in [-0.15, -0.1) is 0 Å². The van der Waals surface area contributed by atoms with E-state index in [0.29, 0.717) is 4.83 Å². The molecule has 0 amide bonds.